The molecule has 4 aromatic rings. The van der Waals surface area contributed by atoms with Gasteiger partial charge in [0.25, 0.3) is 0 Å². The van der Waals surface area contributed by atoms with Gasteiger partial charge >= 0.3 is 0 Å². The van der Waals surface area contributed by atoms with E-state index >= 15 is 4.39 Å². The third-order valence-electron chi connectivity index (χ3n) is 7.81. The summed E-state index contributed by atoms with van der Waals surface area (Å²) < 4.78 is 21.3. The van der Waals surface area contributed by atoms with Crippen molar-refractivity contribution >= 4 is 34.1 Å². The van der Waals surface area contributed by atoms with Gasteiger partial charge in [0.15, 0.2) is 0 Å². The number of hydrogen-bond donors (Lipinski definition) is 1. The van der Waals surface area contributed by atoms with Gasteiger partial charge in [-0.3, -0.25) is 0 Å². The molecule has 0 saturated carbocycles. The molecule has 0 atom stereocenters. The highest BCUT2D eigenvalue weighted by molar-refractivity contribution is 6.30. The molecule has 0 unspecified atom stereocenters. The molecule has 1 fully saturated rings. The SMILES string of the molecule is C=C1C(c2noc(Cc3ccccc3CN)n2)=CN(Cc2ccc(Cl)cc2)c2cc(N3CCN(C)CC3)c(F)cc21. The maximum atomic E-state index is 15.7. The van der Waals surface area contributed by atoms with E-state index in [1.54, 1.807) is 6.07 Å². The van der Waals surface area contributed by atoms with E-state index in [4.69, 9.17) is 26.8 Å². The van der Waals surface area contributed by atoms with Gasteiger partial charge in [0.1, 0.15) is 5.82 Å². The van der Waals surface area contributed by atoms with Gasteiger partial charge in [-0.15, -0.1) is 0 Å². The molecular weight excluding hydrogens is 539 g/mol. The molecule has 9 heteroatoms. The van der Waals surface area contributed by atoms with Crippen molar-refractivity contribution in [3.8, 4) is 0 Å². The number of likely N-dealkylation sites (N-methyl/N-ethyl adjacent to an activating group) is 1. The maximum Gasteiger partial charge on any atom is 0.231 e. The first-order valence-electron chi connectivity index (χ1n) is 13.7. The summed E-state index contributed by atoms with van der Waals surface area (Å²) in [5, 5.41) is 4.96. The summed E-state index contributed by atoms with van der Waals surface area (Å²) in [6.07, 6.45) is 2.45. The lowest BCUT2D eigenvalue weighted by Gasteiger charge is -2.36. The van der Waals surface area contributed by atoms with Crippen molar-refractivity contribution in [1.29, 1.82) is 0 Å². The van der Waals surface area contributed by atoms with Crippen molar-refractivity contribution < 1.29 is 8.91 Å². The molecule has 0 radical (unpaired) electrons. The predicted molar refractivity (Wildman–Crippen MR) is 162 cm³/mol. The van der Waals surface area contributed by atoms with Crippen LogP contribution in [0.15, 0.2) is 78.0 Å². The Morgan fingerprint density at radius 3 is 2.46 bits per heavy atom. The van der Waals surface area contributed by atoms with Gasteiger partial charge in [0, 0.05) is 61.6 Å². The van der Waals surface area contributed by atoms with E-state index in [1.165, 1.54) is 0 Å². The molecule has 7 nitrogen and oxygen atoms in total. The molecule has 2 aliphatic rings. The quantitative estimate of drug-likeness (QED) is 0.304. The molecule has 6 rings (SSSR count). The van der Waals surface area contributed by atoms with E-state index in [1.807, 2.05) is 60.8 Å². The summed E-state index contributed by atoms with van der Waals surface area (Å²) in [6, 6.07) is 19.2. The van der Waals surface area contributed by atoms with E-state index in [0.717, 1.165) is 48.6 Å². The van der Waals surface area contributed by atoms with Gasteiger partial charge in [-0.1, -0.05) is 59.7 Å². The van der Waals surface area contributed by atoms with E-state index < -0.39 is 0 Å². The van der Waals surface area contributed by atoms with Gasteiger partial charge in [0.05, 0.1) is 17.8 Å². The molecule has 3 heterocycles. The molecule has 41 heavy (non-hydrogen) atoms. The summed E-state index contributed by atoms with van der Waals surface area (Å²) in [7, 11) is 2.09. The van der Waals surface area contributed by atoms with Gasteiger partial charge in [-0.05, 0) is 53.6 Å². The highest BCUT2D eigenvalue weighted by atomic mass is 35.5. The van der Waals surface area contributed by atoms with E-state index in [-0.39, 0.29) is 5.82 Å². The zero-order chi connectivity index (χ0) is 28.5. The molecule has 0 aliphatic carbocycles. The second kappa shape index (κ2) is 11.5. The van der Waals surface area contributed by atoms with Crippen molar-refractivity contribution in [2.24, 2.45) is 5.73 Å². The normalized spacial score (nSPS) is 15.7. The lowest BCUT2D eigenvalue weighted by molar-refractivity contribution is 0.311. The fraction of sp³-hybridized carbons (Fsp3) is 0.250. The summed E-state index contributed by atoms with van der Waals surface area (Å²) in [5.74, 6) is 0.612. The van der Waals surface area contributed by atoms with Crippen LogP contribution in [-0.4, -0.2) is 48.3 Å². The van der Waals surface area contributed by atoms with Crippen molar-refractivity contribution in [2.45, 2.75) is 19.5 Å². The molecule has 2 N–H and O–H groups in total. The summed E-state index contributed by atoms with van der Waals surface area (Å²) in [4.78, 5) is 11.2. The molecule has 2 aliphatic heterocycles. The second-order valence-electron chi connectivity index (χ2n) is 10.5. The number of nitrogens with two attached hydrogens (primary N) is 1. The number of piperazine rings is 1. The van der Waals surface area contributed by atoms with Gasteiger partial charge in [-0.25, -0.2) is 4.39 Å². The smallest absolute Gasteiger partial charge is 0.231 e. The minimum absolute atomic E-state index is 0.269. The predicted octanol–water partition coefficient (Wildman–Crippen LogP) is 5.74. The Morgan fingerprint density at radius 2 is 1.73 bits per heavy atom. The van der Waals surface area contributed by atoms with E-state index in [0.29, 0.717) is 58.6 Å². The topological polar surface area (TPSA) is 74.7 Å². The van der Waals surface area contributed by atoms with Gasteiger partial charge < -0.3 is 25.0 Å². The number of allylic oxidation sites excluding steroid dienone is 2. The molecule has 3 aromatic carbocycles. The monoisotopic (exact) mass is 570 g/mol. The van der Waals surface area contributed by atoms with Crippen LogP contribution >= 0.6 is 11.6 Å². The van der Waals surface area contributed by atoms with Crippen molar-refractivity contribution in [1.82, 2.24) is 15.0 Å². The first-order valence-corrected chi connectivity index (χ1v) is 14.1. The number of fused-ring (bicyclic) bond motifs is 1. The second-order valence-corrected chi connectivity index (χ2v) is 11.0. The minimum atomic E-state index is -0.269. The lowest BCUT2D eigenvalue weighted by atomic mass is 9.93. The van der Waals surface area contributed by atoms with E-state index in [9.17, 15) is 0 Å². The number of anilines is 2. The number of benzene rings is 3. The minimum Gasteiger partial charge on any atom is -0.367 e. The first-order chi connectivity index (χ1) is 19.9. The van der Waals surface area contributed by atoms with Crippen molar-refractivity contribution in [3.05, 3.63) is 118 Å². The van der Waals surface area contributed by atoms with Crippen LogP contribution in [0, 0.1) is 5.82 Å². The molecule has 0 amide bonds. The van der Waals surface area contributed by atoms with Crippen molar-refractivity contribution in [2.75, 3.05) is 43.0 Å². The maximum absolute atomic E-state index is 15.7. The third kappa shape index (κ3) is 5.63. The Kier molecular flexibility index (Phi) is 7.62. The third-order valence-corrected chi connectivity index (χ3v) is 8.06. The fourth-order valence-corrected chi connectivity index (χ4v) is 5.53. The average Bonchev–Trinajstić information content (AvgIpc) is 3.44. The Balaban J connectivity index is 1.37. The van der Waals surface area contributed by atoms with Crippen LogP contribution in [0.1, 0.15) is 34.0 Å². The standard InChI is InChI=1S/C32H32ClFN6O/c1-21-26-16-28(34)30(39-13-11-38(2)12-14-39)17-29(26)40(19-22-7-9-25(33)10-8-22)20-27(21)32-36-31(41-37-32)15-23-5-3-4-6-24(23)18-35/h3-10,16-17,20H,1,11-15,18-19,35H2,2H3. The molecule has 0 bridgehead atoms. The number of hydrogen-bond acceptors (Lipinski definition) is 7. The Labute approximate surface area is 244 Å². The molecule has 0 spiro atoms. The summed E-state index contributed by atoms with van der Waals surface area (Å²) >= 11 is 6.15. The molecule has 1 saturated heterocycles. The summed E-state index contributed by atoms with van der Waals surface area (Å²) in [5.41, 5.74) is 12.5. The zero-order valence-corrected chi connectivity index (χ0v) is 23.7. The Bertz CT molecular complexity index is 1610. The zero-order valence-electron chi connectivity index (χ0n) is 23.0. The van der Waals surface area contributed by atoms with Crippen molar-refractivity contribution in [3.63, 3.8) is 0 Å². The molecular formula is C32H32ClFN6O. The van der Waals surface area contributed by atoms with Gasteiger partial charge in [0.2, 0.25) is 11.7 Å². The van der Waals surface area contributed by atoms with Crippen LogP contribution in [0.5, 0.6) is 0 Å². The lowest BCUT2D eigenvalue weighted by Crippen LogP contribution is -2.44. The number of nitrogens with zero attached hydrogens (tertiary/aromatic N) is 5. The highest BCUT2D eigenvalue weighted by Crippen LogP contribution is 2.43. The number of aromatic nitrogens is 2. The van der Waals surface area contributed by atoms with Crippen LogP contribution in [0.25, 0.3) is 11.1 Å². The first kappa shape index (κ1) is 27.2. The fourth-order valence-electron chi connectivity index (χ4n) is 5.41. The number of rotatable bonds is 7. The number of halogens is 2. The van der Waals surface area contributed by atoms with E-state index in [2.05, 4.69) is 33.5 Å². The largest absolute Gasteiger partial charge is 0.367 e. The molecule has 1 aromatic heterocycles. The van der Waals surface area contributed by atoms with Crippen LogP contribution in [0.3, 0.4) is 0 Å². The molecule has 210 valence electrons. The Morgan fingerprint density at radius 1 is 1.00 bits per heavy atom. The van der Waals surface area contributed by atoms with Gasteiger partial charge in [-0.2, -0.15) is 4.98 Å². The van der Waals surface area contributed by atoms with Crippen LogP contribution < -0.4 is 15.5 Å². The summed E-state index contributed by atoms with van der Waals surface area (Å²) in [6.45, 7) is 8.63. The average molecular weight is 571 g/mol. The van der Waals surface area contributed by atoms with Crippen LogP contribution in [-0.2, 0) is 19.5 Å². The Hall–Kier alpha value is -3.98. The van der Waals surface area contributed by atoms with Crippen LogP contribution in [0.4, 0.5) is 15.8 Å². The highest BCUT2D eigenvalue weighted by Gasteiger charge is 2.28. The van der Waals surface area contributed by atoms with Crippen LogP contribution in [0.2, 0.25) is 5.02 Å².